The maximum absolute atomic E-state index is 15.0. The molecule has 47 heavy (non-hydrogen) atoms. The van der Waals surface area contributed by atoms with Gasteiger partial charge in [-0.05, 0) is 81.8 Å². The van der Waals surface area contributed by atoms with Gasteiger partial charge in [-0.15, -0.1) is 24.9 Å². The van der Waals surface area contributed by atoms with Crippen LogP contribution in [0.1, 0.15) is 46.5 Å². The largest absolute Gasteiger partial charge is 0.396 e. The number of aliphatic hydroxyl groups excluding tert-OH is 1. The van der Waals surface area contributed by atoms with Crippen LogP contribution in [0.3, 0.4) is 0 Å². The number of carbonyl (C=O) groups is 3. The van der Waals surface area contributed by atoms with Gasteiger partial charge in [-0.25, -0.2) is 0 Å². The SMILES string of the molecule is C=CCN(C(=O)C1N(CCCCCO)C(=O)[C@@H]2[C@H](C(=O)N(CC=C)c3ccccc3)[C@@H]3CC(C)C12S3)c1ccc(N(CC)CC)cc1. The molecule has 2 aromatic carbocycles. The van der Waals surface area contributed by atoms with E-state index in [1.165, 1.54) is 0 Å². The first-order chi connectivity index (χ1) is 22.8. The zero-order valence-electron chi connectivity index (χ0n) is 28.1. The number of rotatable bonds is 16. The van der Waals surface area contributed by atoms with Crippen molar-refractivity contribution in [2.45, 2.75) is 62.5 Å². The van der Waals surface area contributed by atoms with Crippen molar-refractivity contribution in [1.82, 2.24) is 4.90 Å². The normalized spacial score (nSPS) is 25.8. The summed E-state index contributed by atoms with van der Waals surface area (Å²) in [5, 5.41) is 9.36. The van der Waals surface area contributed by atoms with E-state index in [0.717, 1.165) is 43.0 Å². The molecule has 0 aromatic heterocycles. The predicted octanol–water partition coefficient (Wildman–Crippen LogP) is 5.77. The number of likely N-dealkylation sites (tertiary alicyclic amines) is 1. The highest BCUT2D eigenvalue weighted by molar-refractivity contribution is 8.02. The van der Waals surface area contributed by atoms with Gasteiger partial charge in [-0.2, -0.15) is 0 Å². The van der Waals surface area contributed by atoms with Crippen molar-refractivity contribution in [3.05, 3.63) is 79.9 Å². The van der Waals surface area contributed by atoms with E-state index in [-0.39, 0.29) is 35.5 Å². The Hall–Kier alpha value is -3.56. The number of nitrogens with zero attached hydrogens (tertiary/aromatic N) is 4. The lowest BCUT2D eigenvalue weighted by molar-refractivity contribution is -0.139. The number of amides is 3. The molecule has 3 heterocycles. The van der Waals surface area contributed by atoms with Crippen LogP contribution in [0.25, 0.3) is 0 Å². The van der Waals surface area contributed by atoms with Crippen LogP contribution < -0.4 is 14.7 Å². The van der Waals surface area contributed by atoms with Crippen molar-refractivity contribution < 1.29 is 19.5 Å². The molecule has 9 heteroatoms. The van der Waals surface area contributed by atoms with Crippen molar-refractivity contribution in [1.29, 1.82) is 0 Å². The van der Waals surface area contributed by atoms with E-state index in [0.29, 0.717) is 32.5 Å². The Morgan fingerprint density at radius 1 is 0.915 bits per heavy atom. The number of anilines is 3. The van der Waals surface area contributed by atoms with Crippen molar-refractivity contribution in [2.75, 3.05) is 54.0 Å². The lowest BCUT2D eigenvalue weighted by atomic mass is 9.65. The van der Waals surface area contributed by atoms with Crippen LogP contribution in [0.4, 0.5) is 17.1 Å². The molecule has 2 bridgehead atoms. The first-order valence-corrected chi connectivity index (χ1v) is 18.0. The smallest absolute Gasteiger partial charge is 0.251 e. The molecule has 0 saturated carbocycles. The van der Waals surface area contributed by atoms with Gasteiger partial charge in [0.25, 0.3) is 5.91 Å². The summed E-state index contributed by atoms with van der Waals surface area (Å²) >= 11 is 1.70. The lowest BCUT2D eigenvalue weighted by Crippen LogP contribution is -2.57. The molecule has 0 radical (unpaired) electrons. The van der Waals surface area contributed by atoms with Gasteiger partial charge in [0.2, 0.25) is 11.8 Å². The third-order valence-corrected chi connectivity index (χ3v) is 12.4. The fraction of sp³-hybridized carbons (Fsp3) is 0.500. The highest BCUT2D eigenvalue weighted by Crippen LogP contribution is 2.69. The number of para-hydroxylation sites is 1. The van der Waals surface area contributed by atoms with Gasteiger partial charge in [-0.3, -0.25) is 14.4 Å². The number of aliphatic hydroxyl groups is 1. The molecule has 1 spiro atoms. The summed E-state index contributed by atoms with van der Waals surface area (Å²) in [6.07, 6.45) is 6.28. The van der Waals surface area contributed by atoms with Crippen LogP contribution in [-0.2, 0) is 14.4 Å². The predicted molar refractivity (Wildman–Crippen MR) is 193 cm³/mol. The summed E-state index contributed by atoms with van der Waals surface area (Å²) in [5.41, 5.74) is 2.63. The molecule has 3 amide bonds. The molecule has 3 saturated heterocycles. The van der Waals surface area contributed by atoms with Crippen LogP contribution >= 0.6 is 11.8 Å². The number of fused-ring (bicyclic) bond motifs is 1. The molecule has 3 fully saturated rings. The van der Waals surface area contributed by atoms with Gasteiger partial charge < -0.3 is 24.7 Å². The topological polar surface area (TPSA) is 84.4 Å². The lowest BCUT2D eigenvalue weighted by Gasteiger charge is -2.41. The maximum Gasteiger partial charge on any atom is 0.251 e. The minimum atomic E-state index is -0.729. The van der Waals surface area contributed by atoms with Gasteiger partial charge in [0.1, 0.15) is 6.04 Å². The molecule has 8 nitrogen and oxygen atoms in total. The first-order valence-electron chi connectivity index (χ1n) is 17.1. The molecule has 252 valence electrons. The third kappa shape index (κ3) is 6.24. The second kappa shape index (κ2) is 15.1. The summed E-state index contributed by atoms with van der Waals surface area (Å²) < 4.78 is -0.729. The van der Waals surface area contributed by atoms with Crippen LogP contribution in [0.5, 0.6) is 0 Å². The van der Waals surface area contributed by atoms with E-state index in [1.54, 1.807) is 38.6 Å². The number of hydrogen-bond donors (Lipinski definition) is 1. The molecular weight excluding hydrogens is 609 g/mol. The Balaban J connectivity index is 1.55. The fourth-order valence-electron chi connectivity index (χ4n) is 8.16. The molecule has 6 atom stereocenters. The molecule has 2 aromatic rings. The third-order valence-electron chi connectivity index (χ3n) is 10.3. The summed E-state index contributed by atoms with van der Waals surface area (Å²) in [6, 6.07) is 16.9. The summed E-state index contributed by atoms with van der Waals surface area (Å²) in [4.78, 5) is 51.8. The molecule has 5 rings (SSSR count). The summed E-state index contributed by atoms with van der Waals surface area (Å²) in [7, 11) is 0. The second-order valence-corrected chi connectivity index (χ2v) is 14.4. The zero-order valence-corrected chi connectivity index (χ0v) is 28.9. The molecular formula is C38H50N4O4S. The van der Waals surface area contributed by atoms with Gasteiger partial charge in [0, 0.05) is 61.6 Å². The average molecular weight is 659 g/mol. The molecule has 0 aliphatic carbocycles. The monoisotopic (exact) mass is 658 g/mol. The Morgan fingerprint density at radius 3 is 2.11 bits per heavy atom. The van der Waals surface area contributed by atoms with E-state index in [9.17, 15) is 14.7 Å². The number of benzene rings is 2. The highest BCUT2D eigenvalue weighted by atomic mass is 32.2. The molecule has 3 aliphatic heterocycles. The van der Waals surface area contributed by atoms with Crippen molar-refractivity contribution in [3.8, 4) is 0 Å². The Bertz CT molecular complexity index is 1430. The minimum absolute atomic E-state index is 0.0597. The van der Waals surface area contributed by atoms with E-state index in [4.69, 9.17) is 0 Å². The zero-order chi connectivity index (χ0) is 33.7. The molecule has 3 aliphatic rings. The number of hydrogen-bond acceptors (Lipinski definition) is 6. The Kier molecular flexibility index (Phi) is 11.2. The average Bonchev–Trinajstić information content (AvgIpc) is 3.68. The number of thioether (sulfide) groups is 1. The summed E-state index contributed by atoms with van der Waals surface area (Å²) in [5.74, 6) is -1.39. The second-order valence-electron chi connectivity index (χ2n) is 12.9. The minimum Gasteiger partial charge on any atom is -0.396 e. The molecule has 3 unspecified atom stereocenters. The van der Waals surface area contributed by atoms with Crippen molar-refractivity contribution in [2.24, 2.45) is 17.8 Å². The van der Waals surface area contributed by atoms with Gasteiger partial charge in [0.05, 0.1) is 16.6 Å². The highest BCUT2D eigenvalue weighted by Gasteiger charge is 2.76. The fourth-order valence-corrected chi connectivity index (χ4v) is 10.6. The van der Waals surface area contributed by atoms with E-state index in [1.807, 2.05) is 54.6 Å². The van der Waals surface area contributed by atoms with E-state index in [2.05, 4.69) is 38.8 Å². The van der Waals surface area contributed by atoms with Gasteiger partial charge >= 0.3 is 0 Å². The Morgan fingerprint density at radius 2 is 1.51 bits per heavy atom. The number of carbonyl (C=O) groups excluding carboxylic acids is 3. The van der Waals surface area contributed by atoms with Crippen LogP contribution in [0.2, 0.25) is 0 Å². The maximum atomic E-state index is 15.0. The van der Waals surface area contributed by atoms with Crippen LogP contribution in [-0.4, -0.2) is 83.1 Å². The molecule has 1 N–H and O–H groups in total. The van der Waals surface area contributed by atoms with E-state index < -0.39 is 22.6 Å². The standard InChI is InChI=1S/C38H50N4O4S/c1-6-22-40(29-16-12-10-13-17-29)35(44)32-31-26-27(5)38(47-31)33(32)36(45)42(24-14-11-15-25-43)34(38)37(46)41(23-7-2)30-20-18-28(19-21-30)39(8-3)9-4/h6-7,10,12-13,16-21,27,31-34,43H,1-2,8-9,11,14-15,22-26H2,3-5H3/t27?,31-,32+,33-,34?,38?/m0/s1. The summed E-state index contributed by atoms with van der Waals surface area (Å²) in [6.45, 7) is 17.2. The van der Waals surface area contributed by atoms with Gasteiger partial charge in [0.15, 0.2) is 0 Å². The van der Waals surface area contributed by atoms with Crippen LogP contribution in [0.15, 0.2) is 79.9 Å². The quantitative estimate of drug-likeness (QED) is 0.182. The van der Waals surface area contributed by atoms with Crippen molar-refractivity contribution in [3.63, 3.8) is 0 Å². The van der Waals surface area contributed by atoms with Crippen molar-refractivity contribution >= 4 is 46.5 Å². The Labute approximate surface area is 284 Å². The van der Waals surface area contributed by atoms with Crippen LogP contribution in [0, 0.1) is 17.8 Å². The number of unbranched alkanes of at least 4 members (excludes halogenated alkanes) is 2. The first kappa shape index (κ1) is 34.8. The van der Waals surface area contributed by atoms with E-state index >= 15 is 4.79 Å². The van der Waals surface area contributed by atoms with Gasteiger partial charge in [-0.1, -0.05) is 37.3 Å².